The number of ether oxygens (including phenoxy) is 2. The van der Waals surface area contributed by atoms with Crippen LogP contribution in [0, 0.1) is 0 Å². The van der Waals surface area contributed by atoms with E-state index in [1.807, 2.05) is 29.1 Å². The second-order valence-electron chi connectivity index (χ2n) is 5.62. The van der Waals surface area contributed by atoms with Crippen molar-refractivity contribution in [1.29, 1.82) is 0 Å². The predicted molar refractivity (Wildman–Crippen MR) is 78.8 cm³/mol. The van der Waals surface area contributed by atoms with E-state index in [0.29, 0.717) is 6.54 Å². The van der Waals surface area contributed by atoms with Gasteiger partial charge in [-0.25, -0.2) is 0 Å². The van der Waals surface area contributed by atoms with Gasteiger partial charge >= 0.3 is 0 Å². The Morgan fingerprint density at radius 3 is 3.18 bits per heavy atom. The summed E-state index contributed by atoms with van der Waals surface area (Å²) < 4.78 is 12.8. The van der Waals surface area contributed by atoms with E-state index >= 15 is 0 Å². The first-order valence-corrected chi connectivity index (χ1v) is 7.48. The summed E-state index contributed by atoms with van der Waals surface area (Å²) >= 11 is 0. The van der Waals surface area contributed by atoms with Crippen molar-refractivity contribution in [3.8, 4) is 11.5 Å². The molecule has 2 aromatic rings. The highest BCUT2D eigenvalue weighted by molar-refractivity contribution is 5.48. The summed E-state index contributed by atoms with van der Waals surface area (Å²) in [6.07, 6.45) is 5.68. The highest BCUT2D eigenvalue weighted by Crippen LogP contribution is 2.33. The number of nitrogens with zero attached hydrogens (tertiary/aromatic N) is 2. The number of carbonyl (C=O) groups excluding carboxylic acids is 1. The van der Waals surface area contributed by atoms with Crippen LogP contribution in [0.15, 0.2) is 24.4 Å². The molecule has 2 heterocycles. The molecule has 1 aromatic carbocycles. The number of nitrogens with one attached hydrogen (secondary N) is 1. The van der Waals surface area contributed by atoms with Gasteiger partial charge in [-0.1, -0.05) is 6.07 Å². The molecular formula is C16H17N3O3. The largest absolute Gasteiger partial charge is 0.454 e. The lowest BCUT2D eigenvalue weighted by Gasteiger charge is -2.22. The zero-order valence-electron chi connectivity index (χ0n) is 12.1. The predicted octanol–water partition coefficient (Wildman–Crippen LogP) is 1.78. The van der Waals surface area contributed by atoms with Crippen molar-refractivity contribution in [2.45, 2.75) is 31.8 Å². The Morgan fingerprint density at radius 2 is 2.27 bits per heavy atom. The number of hydrogen-bond acceptors (Lipinski definition) is 4. The van der Waals surface area contributed by atoms with E-state index in [1.165, 1.54) is 5.69 Å². The minimum Gasteiger partial charge on any atom is -0.454 e. The maximum Gasteiger partial charge on any atom is 0.231 e. The van der Waals surface area contributed by atoms with Crippen LogP contribution in [-0.4, -0.2) is 23.0 Å². The average molecular weight is 299 g/mol. The van der Waals surface area contributed by atoms with Gasteiger partial charge in [0, 0.05) is 11.3 Å². The molecule has 6 nitrogen and oxygen atoms in total. The molecule has 1 aliphatic heterocycles. The van der Waals surface area contributed by atoms with E-state index in [-0.39, 0.29) is 12.8 Å². The van der Waals surface area contributed by atoms with Gasteiger partial charge in [0.25, 0.3) is 0 Å². The van der Waals surface area contributed by atoms with Gasteiger partial charge in [-0.2, -0.15) is 5.10 Å². The van der Waals surface area contributed by atoms with Crippen molar-refractivity contribution >= 4 is 6.41 Å². The second kappa shape index (κ2) is 5.36. The Hall–Kier alpha value is -2.50. The fourth-order valence-corrected chi connectivity index (χ4v) is 3.22. The lowest BCUT2D eigenvalue weighted by atomic mass is 9.93. The van der Waals surface area contributed by atoms with Crippen LogP contribution in [0.5, 0.6) is 11.5 Å². The van der Waals surface area contributed by atoms with Crippen LogP contribution in [0.1, 0.15) is 35.7 Å². The molecule has 1 unspecified atom stereocenters. The maximum atomic E-state index is 10.7. The third kappa shape index (κ3) is 2.20. The summed E-state index contributed by atoms with van der Waals surface area (Å²) in [6, 6.07) is 6.06. The summed E-state index contributed by atoms with van der Waals surface area (Å²) in [5.41, 5.74) is 3.47. The van der Waals surface area contributed by atoms with Gasteiger partial charge in [0.1, 0.15) is 0 Å². The van der Waals surface area contributed by atoms with E-state index in [9.17, 15) is 4.79 Å². The molecule has 6 heteroatoms. The van der Waals surface area contributed by atoms with Crippen molar-refractivity contribution in [3.63, 3.8) is 0 Å². The van der Waals surface area contributed by atoms with Crippen LogP contribution >= 0.6 is 0 Å². The van der Waals surface area contributed by atoms with Crippen LogP contribution < -0.4 is 14.8 Å². The van der Waals surface area contributed by atoms with Crippen LogP contribution in [0.2, 0.25) is 0 Å². The minimum absolute atomic E-state index is 0.0896. The molecule has 1 aromatic heterocycles. The van der Waals surface area contributed by atoms with E-state index in [1.54, 1.807) is 0 Å². The number of fused-ring (bicyclic) bond motifs is 2. The van der Waals surface area contributed by atoms with Crippen LogP contribution in [-0.2, 0) is 17.8 Å². The standard InChI is InChI=1S/C16H17N3O3/c20-9-17-13-2-1-3-14-12(13)7-18-19(14)8-11-4-5-15-16(6-11)22-10-21-15/h4-7,9,13H,1-3,8,10H2,(H,17,20). The topological polar surface area (TPSA) is 65.4 Å². The summed E-state index contributed by atoms with van der Waals surface area (Å²) in [6.45, 7) is 0.981. The molecular weight excluding hydrogens is 282 g/mol. The highest BCUT2D eigenvalue weighted by Gasteiger charge is 2.24. The first-order valence-electron chi connectivity index (χ1n) is 7.48. The zero-order chi connectivity index (χ0) is 14.9. The van der Waals surface area contributed by atoms with Crippen molar-refractivity contribution in [2.75, 3.05) is 6.79 Å². The quantitative estimate of drug-likeness (QED) is 0.874. The average Bonchev–Trinajstić information content (AvgIpc) is 3.15. The van der Waals surface area contributed by atoms with Gasteiger partial charge in [-0.05, 0) is 37.0 Å². The molecule has 0 saturated carbocycles. The number of benzene rings is 1. The first-order chi connectivity index (χ1) is 10.8. The number of aromatic nitrogens is 2. The van der Waals surface area contributed by atoms with Gasteiger partial charge in [-0.15, -0.1) is 0 Å². The molecule has 114 valence electrons. The Labute approximate surface area is 128 Å². The van der Waals surface area contributed by atoms with E-state index in [2.05, 4.69) is 10.4 Å². The Morgan fingerprint density at radius 1 is 1.36 bits per heavy atom. The minimum atomic E-state index is 0.0896. The number of hydrogen-bond donors (Lipinski definition) is 1. The van der Waals surface area contributed by atoms with E-state index in [4.69, 9.17) is 9.47 Å². The second-order valence-corrected chi connectivity index (χ2v) is 5.62. The Kier molecular flexibility index (Phi) is 3.21. The Balaban J connectivity index is 1.60. The molecule has 1 N–H and O–H groups in total. The van der Waals surface area contributed by atoms with Crippen LogP contribution in [0.25, 0.3) is 0 Å². The van der Waals surface area contributed by atoms with Crippen LogP contribution in [0.4, 0.5) is 0 Å². The fraction of sp³-hybridized carbons (Fsp3) is 0.375. The lowest BCUT2D eigenvalue weighted by Crippen LogP contribution is -2.24. The summed E-state index contributed by atoms with van der Waals surface area (Å²) in [5.74, 6) is 1.58. The van der Waals surface area contributed by atoms with Crippen molar-refractivity contribution < 1.29 is 14.3 Å². The van der Waals surface area contributed by atoms with Crippen LogP contribution in [0.3, 0.4) is 0 Å². The van der Waals surface area contributed by atoms with Crippen molar-refractivity contribution in [2.24, 2.45) is 0 Å². The Bertz CT molecular complexity index is 711. The highest BCUT2D eigenvalue weighted by atomic mass is 16.7. The fourth-order valence-electron chi connectivity index (χ4n) is 3.22. The van der Waals surface area contributed by atoms with Crippen molar-refractivity contribution in [1.82, 2.24) is 15.1 Å². The summed E-state index contributed by atoms with van der Waals surface area (Å²) in [4.78, 5) is 10.7. The molecule has 0 fully saturated rings. The van der Waals surface area contributed by atoms with Gasteiger partial charge in [0.2, 0.25) is 13.2 Å². The molecule has 2 aliphatic rings. The van der Waals surface area contributed by atoms with E-state index < -0.39 is 0 Å². The molecule has 4 rings (SSSR count). The normalized spacial score (nSPS) is 18.8. The molecule has 1 aliphatic carbocycles. The molecule has 1 atom stereocenters. The molecule has 22 heavy (non-hydrogen) atoms. The number of amides is 1. The molecule has 0 radical (unpaired) electrons. The summed E-state index contributed by atoms with van der Waals surface area (Å²) in [7, 11) is 0. The number of carbonyl (C=O) groups is 1. The third-order valence-corrected chi connectivity index (χ3v) is 4.30. The van der Waals surface area contributed by atoms with Gasteiger partial charge in [0.05, 0.1) is 18.8 Å². The maximum absolute atomic E-state index is 10.7. The zero-order valence-corrected chi connectivity index (χ0v) is 12.1. The molecule has 1 amide bonds. The third-order valence-electron chi connectivity index (χ3n) is 4.30. The number of rotatable bonds is 4. The monoisotopic (exact) mass is 299 g/mol. The lowest BCUT2D eigenvalue weighted by molar-refractivity contribution is -0.110. The van der Waals surface area contributed by atoms with E-state index in [0.717, 1.165) is 48.3 Å². The van der Waals surface area contributed by atoms with Crippen molar-refractivity contribution in [3.05, 3.63) is 41.2 Å². The summed E-state index contributed by atoms with van der Waals surface area (Å²) in [5, 5.41) is 7.39. The smallest absolute Gasteiger partial charge is 0.231 e. The molecule has 0 spiro atoms. The first kappa shape index (κ1) is 13.2. The van der Waals surface area contributed by atoms with Gasteiger partial charge < -0.3 is 14.8 Å². The molecule has 0 saturated heterocycles. The SMILES string of the molecule is O=CNC1CCCc2c1cnn2Cc1ccc2c(c1)OCO2. The van der Waals surface area contributed by atoms with Gasteiger partial charge in [0.15, 0.2) is 11.5 Å². The van der Waals surface area contributed by atoms with Gasteiger partial charge in [-0.3, -0.25) is 9.48 Å². The molecule has 0 bridgehead atoms.